The lowest BCUT2D eigenvalue weighted by atomic mass is 9.91. The molecule has 0 aromatic heterocycles. The van der Waals surface area contributed by atoms with Gasteiger partial charge >= 0.3 is 0 Å². The maximum atomic E-state index is 4.71. The van der Waals surface area contributed by atoms with Crippen LogP contribution in [0.5, 0.6) is 0 Å². The molecule has 3 nitrogen and oxygen atoms in total. The van der Waals surface area contributed by atoms with Crippen LogP contribution in [0.4, 0.5) is 0 Å². The van der Waals surface area contributed by atoms with Crippen LogP contribution in [-0.4, -0.2) is 11.9 Å². The Morgan fingerprint density at radius 3 is 1.97 bits per heavy atom. The highest BCUT2D eigenvalue weighted by atomic mass is 15.0. The summed E-state index contributed by atoms with van der Waals surface area (Å²) in [6.07, 6.45) is 6.73. The van der Waals surface area contributed by atoms with Crippen LogP contribution in [0, 0.1) is 0 Å². The molecule has 4 aromatic carbocycles. The number of amidine groups is 1. The van der Waals surface area contributed by atoms with Gasteiger partial charge in [-0.15, -0.1) is 0 Å². The molecule has 0 fully saturated rings. The first-order valence-electron chi connectivity index (χ1n) is 13.2. The number of hydrogen-bond acceptors (Lipinski definition) is 3. The van der Waals surface area contributed by atoms with Crippen molar-refractivity contribution < 1.29 is 0 Å². The Morgan fingerprint density at radius 2 is 1.26 bits per heavy atom. The molecule has 38 heavy (non-hydrogen) atoms. The van der Waals surface area contributed by atoms with Crippen LogP contribution in [0.15, 0.2) is 138 Å². The zero-order valence-corrected chi connectivity index (χ0v) is 21.7. The molecule has 6 rings (SSSR count). The summed E-state index contributed by atoms with van der Waals surface area (Å²) in [5.41, 5.74) is 10.5. The maximum absolute atomic E-state index is 4.71. The topological polar surface area (TPSA) is 36.4 Å². The summed E-state index contributed by atoms with van der Waals surface area (Å²) in [5.74, 6) is 0.930. The van der Waals surface area contributed by atoms with Crippen molar-refractivity contribution in [3.05, 3.63) is 155 Å². The summed E-state index contributed by atoms with van der Waals surface area (Å²) in [6.45, 7) is 4.20. The molecule has 0 saturated carbocycles. The van der Waals surface area contributed by atoms with E-state index in [4.69, 9.17) is 4.99 Å². The van der Waals surface area contributed by atoms with Crippen molar-refractivity contribution in [3.63, 3.8) is 0 Å². The second-order valence-electron chi connectivity index (χ2n) is 9.94. The van der Waals surface area contributed by atoms with Crippen molar-refractivity contribution in [2.45, 2.75) is 25.9 Å². The van der Waals surface area contributed by atoms with Gasteiger partial charge in [0.05, 0.1) is 6.04 Å². The van der Waals surface area contributed by atoms with Crippen LogP contribution in [0.1, 0.15) is 42.1 Å². The summed E-state index contributed by atoms with van der Waals surface area (Å²) in [7, 11) is 0. The highest BCUT2D eigenvalue weighted by Gasteiger charge is 2.19. The first-order valence-corrected chi connectivity index (χ1v) is 13.2. The summed E-state index contributed by atoms with van der Waals surface area (Å²) in [6, 6.07) is 39.0. The zero-order valence-electron chi connectivity index (χ0n) is 21.7. The third kappa shape index (κ3) is 5.09. The first-order chi connectivity index (χ1) is 18.6. The minimum atomic E-state index is 0.0477. The quantitative estimate of drug-likeness (QED) is 0.298. The van der Waals surface area contributed by atoms with E-state index in [0.717, 1.165) is 22.8 Å². The van der Waals surface area contributed by atoms with Gasteiger partial charge in [-0.1, -0.05) is 103 Å². The Hall–Kier alpha value is -4.63. The van der Waals surface area contributed by atoms with Gasteiger partial charge < -0.3 is 10.6 Å². The average molecular weight is 494 g/mol. The van der Waals surface area contributed by atoms with Crippen LogP contribution in [0.25, 0.3) is 22.4 Å². The van der Waals surface area contributed by atoms with Gasteiger partial charge in [0, 0.05) is 23.0 Å². The molecule has 2 aliphatic heterocycles. The molecule has 2 N–H and O–H groups in total. The van der Waals surface area contributed by atoms with Crippen molar-refractivity contribution in [3.8, 4) is 11.1 Å². The summed E-state index contributed by atoms with van der Waals surface area (Å²) in [4.78, 5) is 4.71. The predicted octanol–water partition coefficient (Wildman–Crippen LogP) is 7.76. The number of hydrogen-bond donors (Lipinski definition) is 2. The van der Waals surface area contributed by atoms with Gasteiger partial charge in [-0.25, -0.2) is 4.99 Å². The van der Waals surface area contributed by atoms with E-state index in [1.54, 1.807) is 0 Å². The van der Waals surface area contributed by atoms with Gasteiger partial charge in [-0.2, -0.15) is 0 Å². The molecule has 2 unspecified atom stereocenters. The molecule has 0 aliphatic carbocycles. The Morgan fingerprint density at radius 1 is 0.605 bits per heavy atom. The minimum Gasteiger partial charge on any atom is -0.374 e. The van der Waals surface area contributed by atoms with Crippen molar-refractivity contribution in [2.24, 2.45) is 4.99 Å². The monoisotopic (exact) mass is 493 g/mol. The van der Waals surface area contributed by atoms with Gasteiger partial charge in [0.15, 0.2) is 0 Å². The Labute approximate surface area is 225 Å². The fourth-order valence-corrected chi connectivity index (χ4v) is 5.15. The molecule has 0 saturated heterocycles. The molecule has 0 amide bonds. The highest BCUT2D eigenvalue weighted by Crippen LogP contribution is 2.33. The lowest BCUT2D eigenvalue weighted by molar-refractivity contribution is 0.767. The van der Waals surface area contributed by atoms with Gasteiger partial charge in [-0.05, 0) is 71.5 Å². The van der Waals surface area contributed by atoms with Gasteiger partial charge in [0.2, 0.25) is 0 Å². The number of allylic oxidation sites excluding steroid dienone is 3. The van der Waals surface area contributed by atoms with Crippen molar-refractivity contribution in [1.29, 1.82) is 0 Å². The summed E-state index contributed by atoms with van der Waals surface area (Å²) < 4.78 is 0. The molecule has 3 heteroatoms. The van der Waals surface area contributed by atoms with E-state index in [1.165, 1.54) is 33.4 Å². The Balaban J connectivity index is 1.37. The number of rotatable bonds is 5. The Bertz CT molecular complexity index is 1560. The van der Waals surface area contributed by atoms with E-state index in [0.29, 0.717) is 0 Å². The van der Waals surface area contributed by atoms with Crippen LogP contribution in [0.3, 0.4) is 0 Å². The molecule has 0 radical (unpaired) electrons. The molecule has 186 valence electrons. The van der Waals surface area contributed by atoms with E-state index in [9.17, 15) is 0 Å². The molecular weight excluding hydrogens is 462 g/mol. The fraction of sp³-hybridized carbons (Fsp3) is 0.114. The second-order valence-corrected chi connectivity index (χ2v) is 9.94. The largest absolute Gasteiger partial charge is 0.374 e. The van der Waals surface area contributed by atoms with E-state index in [1.807, 2.05) is 6.92 Å². The van der Waals surface area contributed by atoms with Gasteiger partial charge in [-0.3, -0.25) is 0 Å². The molecule has 0 bridgehead atoms. The standard InChI is InChI=1S/C35H31N3/c1-24-20-25(2)37-35(36-24)29-18-16-27(17-19-29)32-22-33(28-12-7-4-8-13-28)38-34(23-32)31-15-9-14-30(21-31)26-10-5-3-6-11-26/h3-24,34,38H,1-2H3,(H,36,37). The van der Waals surface area contributed by atoms with Crippen LogP contribution < -0.4 is 10.6 Å². The van der Waals surface area contributed by atoms with Crippen LogP contribution >= 0.6 is 0 Å². The van der Waals surface area contributed by atoms with Crippen LogP contribution in [-0.2, 0) is 0 Å². The predicted molar refractivity (Wildman–Crippen MR) is 159 cm³/mol. The molecule has 4 aromatic rings. The van der Waals surface area contributed by atoms with Crippen molar-refractivity contribution in [1.82, 2.24) is 10.6 Å². The normalized spacial score (nSPS) is 18.8. The summed E-state index contributed by atoms with van der Waals surface area (Å²) >= 11 is 0. The molecule has 0 spiro atoms. The molecular formula is C35H31N3. The highest BCUT2D eigenvalue weighted by molar-refractivity contribution is 6.00. The van der Waals surface area contributed by atoms with Crippen molar-refractivity contribution >= 4 is 17.1 Å². The second kappa shape index (κ2) is 10.4. The SMILES string of the molecule is CC1=CC(C)NC(c2ccc(C3=CC(c4cccc(-c5ccccc5)c4)NC(c4ccccc4)=C3)cc2)=N1. The van der Waals surface area contributed by atoms with E-state index in [2.05, 4.69) is 145 Å². The zero-order chi connectivity index (χ0) is 25.9. The summed E-state index contributed by atoms with van der Waals surface area (Å²) in [5, 5.41) is 7.26. The lowest BCUT2D eigenvalue weighted by Crippen LogP contribution is -2.34. The first kappa shape index (κ1) is 23.7. The number of benzene rings is 4. The molecule has 2 aliphatic rings. The third-order valence-corrected chi connectivity index (χ3v) is 7.03. The minimum absolute atomic E-state index is 0.0477. The van der Waals surface area contributed by atoms with E-state index >= 15 is 0 Å². The fourth-order valence-electron chi connectivity index (χ4n) is 5.15. The number of dihydropyridines is 1. The maximum Gasteiger partial charge on any atom is 0.133 e. The molecule has 2 heterocycles. The number of aliphatic imine (C=N–C) groups is 1. The number of nitrogens with zero attached hydrogens (tertiary/aromatic N) is 1. The smallest absolute Gasteiger partial charge is 0.133 e. The number of nitrogens with one attached hydrogen (secondary N) is 2. The van der Waals surface area contributed by atoms with E-state index in [-0.39, 0.29) is 12.1 Å². The lowest BCUT2D eigenvalue weighted by Gasteiger charge is -2.26. The average Bonchev–Trinajstić information content (AvgIpc) is 2.97. The van der Waals surface area contributed by atoms with Gasteiger partial charge in [0.25, 0.3) is 0 Å². The van der Waals surface area contributed by atoms with Gasteiger partial charge in [0.1, 0.15) is 5.84 Å². The Kier molecular flexibility index (Phi) is 6.49. The van der Waals surface area contributed by atoms with Crippen molar-refractivity contribution in [2.75, 3.05) is 0 Å². The van der Waals surface area contributed by atoms with E-state index < -0.39 is 0 Å². The van der Waals surface area contributed by atoms with Crippen LogP contribution in [0.2, 0.25) is 0 Å². The molecule has 2 atom stereocenters. The third-order valence-electron chi connectivity index (χ3n) is 7.03.